The molecule has 3 nitrogen and oxygen atoms in total. The molecule has 4 heteroatoms. The predicted octanol–water partition coefficient (Wildman–Crippen LogP) is 4.53. The Morgan fingerprint density at radius 2 is 1.70 bits per heavy atom. The molecule has 2 aromatic rings. The van der Waals surface area contributed by atoms with E-state index in [1.807, 2.05) is 55.5 Å². The van der Waals surface area contributed by atoms with Crippen LogP contribution in [0.25, 0.3) is 0 Å². The van der Waals surface area contributed by atoms with Gasteiger partial charge in [0.15, 0.2) is 0 Å². The second-order valence-electron chi connectivity index (χ2n) is 5.39. The second-order valence-corrected chi connectivity index (χ2v) is 6.48. The molecule has 2 aromatic carbocycles. The van der Waals surface area contributed by atoms with Gasteiger partial charge in [0.1, 0.15) is 0 Å². The molecule has 0 radical (unpaired) electrons. The molecule has 120 valence electrons. The van der Waals surface area contributed by atoms with E-state index in [9.17, 15) is 4.79 Å². The van der Waals surface area contributed by atoms with Crippen molar-refractivity contribution in [2.24, 2.45) is 10.9 Å². The summed E-state index contributed by atoms with van der Waals surface area (Å²) in [5.41, 5.74) is 1.85. The van der Waals surface area contributed by atoms with E-state index in [-0.39, 0.29) is 12.3 Å². The third-order valence-electron chi connectivity index (χ3n) is 3.45. The molecule has 0 heterocycles. The molecule has 0 fully saturated rings. The van der Waals surface area contributed by atoms with Crippen LogP contribution in [-0.2, 0) is 11.3 Å². The monoisotopic (exact) mass is 327 g/mol. The van der Waals surface area contributed by atoms with Crippen LogP contribution in [0.3, 0.4) is 0 Å². The Labute approximate surface area is 141 Å². The van der Waals surface area contributed by atoms with Crippen molar-refractivity contribution in [1.82, 2.24) is 0 Å². The van der Waals surface area contributed by atoms with Gasteiger partial charge >= 0.3 is 5.97 Å². The van der Waals surface area contributed by atoms with Crippen molar-refractivity contribution >= 4 is 23.4 Å². The van der Waals surface area contributed by atoms with Gasteiger partial charge in [-0.3, -0.25) is 9.79 Å². The quantitative estimate of drug-likeness (QED) is 0.572. The highest BCUT2D eigenvalue weighted by molar-refractivity contribution is 7.99. The number of hydrogen-bond donors (Lipinski definition) is 1. The van der Waals surface area contributed by atoms with E-state index in [0.29, 0.717) is 6.54 Å². The molecule has 0 aliphatic rings. The minimum Gasteiger partial charge on any atom is -0.481 e. The second kappa shape index (κ2) is 9.16. The Morgan fingerprint density at radius 3 is 2.30 bits per heavy atom. The van der Waals surface area contributed by atoms with Crippen LogP contribution in [0, 0.1) is 5.92 Å². The van der Waals surface area contributed by atoms with Crippen molar-refractivity contribution in [3.05, 3.63) is 66.2 Å². The normalized spacial score (nSPS) is 12.8. The van der Waals surface area contributed by atoms with Gasteiger partial charge in [0.05, 0.1) is 13.0 Å². The topological polar surface area (TPSA) is 49.7 Å². The summed E-state index contributed by atoms with van der Waals surface area (Å²) in [5, 5.41) is 9.13. The smallest absolute Gasteiger partial charge is 0.309 e. The first-order valence-corrected chi connectivity index (χ1v) is 8.60. The molecule has 23 heavy (non-hydrogen) atoms. The largest absolute Gasteiger partial charge is 0.481 e. The first kappa shape index (κ1) is 17.3. The Morgan fingerprint density at radius 1 is 1.09 bits per heavy atom. The van der Waals surface area contributed by atoms with Crippen LogP contribution in [-0.4, -0.2) is 22.5 Å². The standard InChI is InChI=1S/C19H21NO2S/c1-15(14-23-17-10-6-3-7-11-17)18(12-19(21)22)20-13-16-8-4-2-5-9-16/h2-11,15H,12-14H2,1H3,(H,21,22). The van der Waals surface area contributed by atoms with E-state index in [4.69, 9.17) is 5.11 Å². The summed E-state index contributed by atoms with van der Waals surface area (Å²) < 4.78 is 0. The fourth-order valence-electron chi connectivity index (χ4n) is 2.15. The van der Waals surface area contributed by atoms with Crippen LogP contribution in [0.2, 0.25) is 0 Å². The summed E-state index contributed by atoms with van der Waals surface area (Å²) in [6, 6.07) is 20.0. The highest BCUT2D eigenvalue weighted by Gasteiger charge is 2.14. The van der Waals surface area contributed by atoms with Gasteiger partial charge in [-0.05, 0) is 17.7 Å². The average molecular weight is 327 g/mol. The number of benzene rings is 2. The van der Waals surface area contributed by atoms with Crippen molar-refractivity contribution in [1.29, 1.82) is 0 Å². The number of hydrogen-bond acceptors (Lipinski definition) is 3. The number of carboxylic acids is 1. The maximum atomic E-state index is 11.1. The molecular formula is C19H21NO2S. The molecule has 0 aromatic heterocycles. The van der Waals surface area contributed by atoms with E-state index in [1.54, 1.807) is 11.8 Å². The van der Waals surface area contributed by atoms with Crippen molar-refractivity contribution < 1.29 is 9.90 Å². The van der Waals surface area contributed by atoms with Crippen LogP contribution in [0.1, 0.15) is 18.9 Å². The average Bonchev–Trinajstić information content (AvgIpc) is 2.58. The van der Waals surface area contributed by atoms with Crippen molar-refractivity contribution in [3.63, 3.8) is 0 Å². The zero-order valence-corrected chi connectivity index (χ0v) is 14.0. The lowest BCUT2D eigenvalue weighted by Gasteiger charge is -2.13. The van der Waals surface area contributed by atoms with Crippen LogP contribution in [0.4, 0.5) is 0 Å². The summed E-state index contributed by atoms with van der Waals surface area (Å²) in [7, 11) is 0. The van der Waals surface area contributed by atoms with E-state index >= 15 is 0 Å². The molecule has 0 amide bonds. The molecular weight excluding hydrogens is 306 g/mol. The molecule has 0 aliphatic carbocycles. The summed E-state index contributed by atoms with van der Waals surface area (Å²) in [4.78, 5) is 16.9. The minimum atomic E-state index is -0.826. The van der Waals surface area contributed by atoms with Gasteiger partial charge in [0.2, 0.25) is 0 Å². The number of rotatable bonds is 8. The number of nitrogens with zero attached hydrogens (tertiary/aromatic N) is 1. The third-order valence-corrected chi connectivity index (χ3v) is 4.72. The molecule has 0 saturated heterocycles. The van der Waals surface area contributed by atoms with Gasteiger partial charge in [0, 0.05) is 22.3 Å². The summed E-state index contributed by atoms with van der Waals surface area (Å²) in [6.07, 6.45) is 0.00332. The highest BCUT2D eigenvalue weighted by atomic mass is 32.2. The first-order valence-electron chi connectivity index (χ1n) is 7.62. The fraction of sp³-hybridized carbons (Fsp3) is 0.263. The van der Waals surface area contributed by atoms with Gasteiger partial charge in [0.25, 0.3) is 0 Å². The summed E-state index contributed by atoms with van der Waals surface area (Å²) in [5.74, 6) is 0.124. The van der Waals surface area contributed by atoms with E-state index in [2.05, 4.69) is 17.1 Å². The molecule has 1 atom stereocenters. The van der Waals surface area contributed by atoms with Crippen LogP contribution >= 0.6 is 11.8 Å². The van der Waals surface area contributed by atoms with Gasteiger partial charge < -0.3 is 5.11 Å². The maximum Gasteiger partial charge on any atom is 0.309 e. The zero-order valence-electron chi connectivity index (χ0n) is 13.2. The Balaban J connectivity index is 2.00. The number of thioether (sulfide) groups is 1. The Bertz CT molecular complexity index is 641. The van der Waals surface area contributed by atoms with E-state index in [0.717, 1.165) is 17.0 Å². The van der Waals surface area contributed by atoms with Gasteiger partial charge in [-0.2, -0.15) is 0 Å². The molecule has 0 aliphatic heterocycles. The number of carboxylic acid groups (broad SMARTS) is 1. The van der Waals surface area contributed by atoms with Crippen molar-refractivity contribution in [3.8, 4) is 0 Å². The summed E-state index contributed by atoms with van der Waals surface area (Å²) >= 11 is 1.73. The van der Waals surface area contributed by atoms with Crippen LogP contribution in [0.5, 0.6) is 0 Å². The predicted molar refractivity (Wildman–Crippen MR) is 96.2 cm³/mol. The van der Waals surface area contributed by atoms with Crippen molar-refractivity contribution in [2.75, 3.05) is 5.75 Å². The summed E-state index contributed by atoms with van der Waals surface area (Å²) in [6.45, 7) is 2.58. The van der Waals surface area contributed by atoms with Gasteiger partial charge in [-0.1, -0.05) is 55.5 Å². The molecule has 1 N–H and O–H groups in total. The highest BCUT2D eigenvalue weighted by Crippen LogP contribution is 2.21. The van der Waals surface area contributed by atoms with Gasteiger partial charge in [-0.25, -0.2) is 0 Å². The number of aliphatic imine (C=N–C) groups is 1. The molecule has 2 rings (SSSR count). The molecule has 0 saturated carbocycles. The SMILES string of the molecule is CC(CSc1ccccc1)C(CC(=O)O)=NCc1ccccc1. The number of aliphatic carboxylic acids is 1. The maximum absolute atomic E-state index is 11.1. The van der Waals surface area contributed by atoms with E-state index < -0.39 is 5.97 Å². The minimum absolute atomic E-state index is 0.00332. The fourth-order valence-corrected chi connectivity index (χ4v) is 3.14. The lowest BCUT2D eigenvalue weighted by Crippen LogP contribution is -2.18. The molecule has 0 bridgehead atoms. The zero-order chi connectivity index (χ0) is 16.5. The molecule has 1 unspecified atom stereocenters. The van der Waals surface area contributed by atoms with Gasteiger partial charge in [-0.15, -0.1) is 11.8 Å². The van der Waals surface area contributed by atoms with Crippen molar-refractivity contribution in [2.45, 2.75) is 24.8 Å². The van der Waals surface area contributed by atoms with E-state index in [1.165, 1.54) is 4.90 Å². The molecule has 0 spiro atoms. The lowest BCUT2D eigenvalue weighted by atomic mass is 10.0. The van der Waals surface area contributed by atoms with Crippen LogP contribution in [0.15, 0.2) is 70.6 Å². The van der Waals surface area contributed by atoms with Crippen LogP contribution < -0.4 is 0 Å². The lowest BCUT2D eigenvalue weighted by molar-refractivity contribution is -0.135. The first-order chi connectivity index (χ1) is 11.1. The third kappa shape index (κ3) is 6.28. The number of carbonyl (C=O) groups is 1. The Kier molecular flexibility index (Phi) is 6.88. The Hall–Kier alpha value is -2.07.